The highest BCUT2D eigenvalue weighted by atomic mass is 35.6. The van der Waals surface area contributed by atoms with Gasteiger partial charge in [0.25, 0.3) is 0 Å². The molecule has 2 nitrogen and oxygen atoms in total. The first kappa shape index (κ1) is 8.79. The van der Waals surface area contributed by atoms with E-state index in [9.17, 15) is 0 Å². The lowest BCUT2D eigenvalue weighted by molar-refractivity contribution is -0.549. The molecule has 0 unspecified atom stereocenters. The van der Waals surface area contributed by atoms with Gasteiger partial charge in [-0.3, -0.25) is 0 Å². The Morgan fingerprint density at radius 3 is 1.88 bits per heavy atom. The molecule has 8 heavy (non-hydrogen) atoms. The molecule has 0 spiro atoms. The molecule has 0 aliphatic heterocycles. The van der Waals surface area contributed by atoms with Crippen LogP contribution in [0.2, 0.25) is 0 Å². The summed E-state index contributed by atoms with van der Waals surface area (Å²) in [6.45, 7) is 0.410. The Bertz CT molecular complexity index is 62.0. The van der Waals surface area contributed by atoms with Crippen molar-refractivity contribution in [2.75, 3.05) is 13.2 Å². The van der Waals surface area contributed by atoms with Gasteiger partial charge < -0.3 is 5.11 Å². The fraction of sp³-hybridized carbons (Fsp3) is 1.00. The van der Waals surface area contributed by atoms with Crippen molar-refractivity contribution in [1.82, 2.24) is 0 Å². The van der Waals surface area contributed by atoms with E-state index in [0.29, 0.717) is 13.0 Å². The molecule has 0 amide bonds. The molecule has 0 saturated carbocycles. The number of hydrogen-bond donors (Lipinski definition) is 1. The van der Waals surface area contributed by atoms with Crippen LogP contribution in [0.25, 0.3) is 0 Å². The number of aliphatic hydroxyl groups is 1. The molecule has 0 aliphatic carbocycles. The van der Waals surface area contributed by atoms with Gasteiger partial charge in [-0.1, -0.05) is 0 Å². The van der Waals surface area contributed by atoms with E-state index in [0.717, 1.165) is 0 Å². The van der Waals surface area contributed by atoms with Crippen LogP contribution >= 0.6 is 35.3 Å². The van der Waals surface area contributed by atoms with Gasteiger partial charge in [-0.2, -0.15) is 0 Å². The SMILES string of the molecule is OCCC[N+](Cl)(Cl)Cl. The quantitative estimate of drug-likeness (QED) is 0.653. The van der Waals surface area contributed by atoms with E-state index in [2.05, 4.69) is 0 Å². The maximum Gasteiger partial charge on any atom is 0.208 e. The van der Waals surface area contributed by atoms with E-state index in [1.165, 1.54) is 0 Å². The number of nitrogens with zero attached hydrogens (tertiary/aromatic N) is 1. The van der Waals surface area contributed by atoms with Crippen molar-refractivity contribution in [2.45, 2.75) is 6.42 Å². The third kappa shape index (κ3) is 6.79. The highest BCUT2D eigenvalue weighted by Crippen LogP contribution is 2.21. The minimum Gasteiger partial charge on any atom is -0.396 e. The van der Waals surface area contributed by atoms with E-state index in [-0.39, 0.29) is 6.61 Å². The van der Waals surface area contributed by atoms with Crippen LogP contribution in [-0.4, -0.2) is 21.3 Å². The van der Waals surface area contributed by atoms with E-state index in [1.54, 1.807) is 0 Å². The summed E-state index contributed by atoms with van der Waals surface area (Å²) in [5, 5.41) is 8.24. The molecule has 0 heterocycles. The van der Waals surface area contributed by atoms with Crippen LogP contribution in [0.4, 0.5) is 0 Å². The van der Waals surface area contributed by atoms with Crippen molar-refractivity contribution in [3.8, 4) is 0 Å². The van der Waals surface area contributed by atoms with Crippen molar-refractivity contribution in [3.05, 3.63) is 0 Å². The molecule has 0 bridgehead atoms. The lowest BCUT2D eigenvalue weighted by atomic mass is 10.5. The summed E-state index contributed by atoms with van der Waals surface area (Å²) >= 11 is 15.8. The van der Waals surface area contributed by atoms with Crippen LogP contribution in [0, 0.1) is 0 Å². The second kappa shape index (κ2) is 3.75. The first-order valence-corrected chi connectivity index (χ1v) is 3.15. The first-order valence-electron chi connectivity index (χ1n) is 2.14. The highest BCUT2D eigenvalue weighted by Gasteiger charge is 2.19. The number of rotatable bonds is 3. The van der Waals surface area contributed by atoms with Crippen molar-refractivity contribution in [3.63, 3.8) is 0 Å². The Hall–Kier alpha value is 0.790. The van der Waals surface area contributed by atoms with Gasteiger partial charge in [0.15, 0.2) is 0 Å². The summed E-state index contributed by atoms with van der Waals surface area (Å²) in [7, 11) is 0. The van der Waals surface area contributed by atoms with Crippen molar-refractivity contribution < 1.29 is 8.15 Å². The van der Waals surface area contributed by atoms with Crippen LogP contribution in [0.15, 0.2) is 0 Å². The second-order valence-corrected chi connectivity index (χ2v) is 3.60. The van der Waals surface area contributed by atoms with Crippen molar-refractivity contribution in [2.24, 2.45) is 0 Å². The molecule has 0 aromatic carbocycles. The molecule has 0 aromatic heterocycles. The summed E-state index contributed by atoms with van der Waals surface area (Å²) < 4.78 is -0.638. The summed E-state index contributed by atoms with van der Waals surface area (Å²) in [6, 6.07) is 0. The standard InChI is InChI=1S/C3H7Cl3NO/c4-7(5,6)2-1-3-8/h8H,1-3H2/q+1. The fourth-order valence-electron chi connectivity index (χ4n) is 0.250. The van der Waals surface area contributed by atoms with Gasteiger partial charge in [-0.25, -0.2) is 0 Å². The minimum atomic E-state index is -0.638. The zero-order valence-corrected chi connectivity index (χ0v) is 6.42. The van der Waals surface area contributed by atoms with E-state index >= 15 is 0 Å². The largest absolute Gasteiger partial charge is 0.396 e. The molecule has 0 rings (SSSR count). The van der Waals surface area contributed by atoms with Gasteiger partial charge in [0.1, 0.15) is 6.54 Å². The Balaban J connectivity index is 3.11. The van der Waals surface area contributed by atoms with Gasteiger partial charge in [-0.05, 0) is 3.04 Å². The molecule has 1 N–H and O–H groups in total. The van der Waals surface area contributed by atoms with Gasteiger partial charge in [-0.15, -0.1) is 0 Å². The molecule has 5 heteroatoms. The van der Waals surface area contributed by atoms with E-state index in [4.69, 9.17) is 40.4 Å². The molecular formula is C3H7Cl3NO+. The monoisotopic (exact) mass is 178 g/mol. The minimum absolute atomic E-state index is 0.0617. The first-order chi connectivity index (χ1) is 3.56. The van der Waals surface area contributed by atoms with Crippen molar-refractivity contribution in [1.29, 1.82) is 0 Å². The maximum atomic E-state index is 8.24. The number of halogens is 3. The average Bonchev–Trinajstić information content (AvgIpc) is 1.59. The number of aliphatic hydroxyl groups excluding tert-OH is 1. The molecule has 0 atom stereocenters. The predicted octanol–water partition coefficient (Wildman–Crippen LogP) is 1.65. The third-order valence-electron chi connectivity index (χ3n) is 0.570. The second-order valence-electron chi connectivity index (χ2n) is 1.35. The maximum absolute atomic E-state index is 8.24. The van der Waals surface area contributed by atoms with Gasteiger partial charge in [0.2, 0.25) is 35.3 Å². The Kier molecular flexibility index (Phi) is 4.12. The van der Waals surface area contributed by atoms with Gasteiger partial charge in [0, 0.05) is 13.0 Å². The molecule has 0 fully saturated rings. The summed E-state index contributed by atoms with van der Waals surface area (Å²) in [6.07, 6.45) is 0.510. The topological polar surface area (TPSA) is 20.2 Å². The van der Waals surface area contributed by atoms with Crippen LogP contribution in [0.5, 0.6) is 0 Å². The van der Waals surface area contributed by atoms with Crippen LogP contribution in [0.1, 0.15) is 6.42 Å². The van der Waals surface area contributed by atoms with Crippen molar-refractivity contribution >= 4 is 35.3 Å². The number of quaternary nitrogens is 1. The number of hydrogen-bond acceptors (Lipinski definition) is 1. The lowest BCUT2D eigenvalue weighted by Crippen LogP contribution is -2.15. The Labute approximate surface area is 63.5 Å². The van der Waals surface area contributed by atoms with Crippen LogP contribution < -0.4 is 0 Å². The molecule has 0 aliphatic rings. The summed E-state index contributed by atoms with van der Waals surface area (Å²) in [5.74, 6) is 0. The smallest absolute Gasteiger partial charge is 0.208 e. The zero-order chi connectivity index (χ0) is 6.62. The van der Waals surface area contributed by atoms with Gasteiger partial charge >= 0.3 is 0 Å². The molecule has 0 saturated heterocycles. The Morgan fingerprint density at radius 2 is 1.75 bits per heavy atom. The predicted molar refractivity (Wildman–Crippen MR) is 34.4 cm³/mol. The normalized spacial score (nSPS) is 12.0. The lowest BCUT2D eigenvalue weighted by Gasteiger charge is -2.04. The van der Waals surface area contributed by atoms with E-state index in [1.807, 2.05) is 0 Å². The zero-order valence-electron chi connectivity index (χ0n) is 4.15. The summed E-state index contributed by atoms with van der Waals surface area (Å²) in [4.78, 5) is 0. The molecular weight excluding hydrogens is 172 g/mol. The fourth-order valence-corrected chi connectivity index (χ4v) is 0.609. The third-order valence-corrected chi connectivity index (χ3v) is 1.08. The Morgan fingerprint density at radius 1 is 1.25 bits per heavy atom. The molecule has 50 valence electrons. The molecule has 0 aromatic rings. The van der Waals surface area contributed by atoms with Crippen LogP contribution in [-0.2, 0) is 0 Å². The van der Waals surface area contributed by atoms with E-state index < -0.39 is 3.04 Å². The highest BCUT2D eigenvalue weighted by molar-refractivity contribution is 6.37. The average molecular weight is 179 g/mol. The summed E-state index contributed by atoms with van der Waals surface area (Å²) in [5.41, 5.74) is 0. The molecule has 0 radical (unpaired) electrons. The van der Waals surface area contributed by atoms with Gasteiger partial charge in [0.05, 0.1) is 0 Å². The van der Waals surface area contributed by atoms with Crippen LogP contribution in [0.3, 0.4) is 0 Å².